The van der Waals surface area contributed by atoms with Gasteiger partial charge in [0.05, 0.1) is 6.61 Å². The molecule has 6 heteroatoms. The molecule has 3 unspecified atom stereocenters. The summed E-state index contributed by atoms with van der Waals surface area (Å²) in [6, 6.07) is -0.0100. The SMILES string of the molecule is CCN1CCN(CC(C)CNC(=O)NC2CCCC2(C)CO)CC1. The summed E-state index contributed by atoms with van der Waals surface area (Å²) in [4.78, 5) is 17.1. The topological polar surface area (TPSA) is 67.8 Å². The molecule has 0 radical (unpaired) electrons. The lowest BCUT2D eigenvalue weighted by atomic mass is 9.86. The summed E-state index contributed by atoms with van der Waals surface area (Å²) in [6.45, 7) is 14.0. The van der Waals surface area contributed by atoms with E-state index in [0.29, 0.717) is 12.5 Å². The van der Waals surface area contributed by atoms with Crippen molar-refractivity contribution in [2.45, 2.75) is 46.1 Å². The van der Waals surface area contributed by atoms with Gasteiger partial charge in [0.2, 0.25) is 0 Å². The fourth-order valence-electron chi connectivity index (χ4n) is 3.94. The molecule has 0 aromatic heterocycles. The highest BCUT2D eigenvalue weighted by Crippen LogP contribution is 2.37. The van der Waals surface area contributed by atoms with E-state index in [-0.39, 0.29) is 24.1 Å². The lowest BCUT2D eigenvalue weighted by Crippen LogP contribution is -2.50. The largest absolute Gasteiger partial charge is 0.396 e. The molecule has 2 amide bonds. The fraction of sp³-hybridized carbons (Fsp3) is 0.944. The van der Waals surface area contributed by atoms with Crippen molar-refractivity contribution in [3.8, 4) is 0 Å². The van der Waals surface area contributed by atoms with Crippen molar-refractivity contribution in [2.24, 2.45) is 11.3 Å². The van der Waals surface area contributed by atoms with Crippen molar-refractivity contribution in [2.75, 3.05) is 52.4 Å². The molecule has 1 saturated carbocycles. The summed E-state index contributed by atoms with van der Waals surface area (Å²) in [5.74, 6) is 0.441. The average molecular weight is 341 g/mol. The minimum Gasteiger partial charge on any atom is -0.396 e. The normalized spacial score (nSPS) is 30.2. The first-order valence-corrected chi connectivity index (χ1v) is 9.56. The third-order valence-electron chi connectivity index (χ3n) is 5.84. The molecule has 140 valence electrons. The number of carbonyl (C=O) groups is 1. The molecule has 0 spiro atoms. The van der Waals surface area contributed by atoms with Crippen LogP contribution in [0.1, 0.15) is 40.0 Å². The molecule has 2 aliphatic rings. The number of rotatable bonds is 7. The quantitative estimate of drug-likeness (QED) is 0.649. The monoisotopic (exact) mass is 340 g/mol. The summed E-state index contributed by atoms with van der Waals surface area (Å²) in [6.07, 6.45) is 3.01. The van der Waals surface area contributed by atoms with Gasteiger partial charge in [0.25, 0.3) is 0 Å². The summed E-state index contributed by atoms with van der Waals surface area (Å²) >= 11 is 0. The first-order valence-electron chi connectivity index (χ1n) is 9.56. The predicted octanol–water partition coefficient (Wildman–Crippen LogP) is 1.11. The maximum Gasteiger partial charge on any atom is 0.315 e. The van der Waals surface area contributed by atoms with Gasteiger partial charge in [0.15, 0.2) is 0 Å². The van der Waals surface area contributed by atoms with Crippen LogP contribution in [0, 0.1) is 11.3 Å². The van der Waals surface area contributed by atoms with Crippen LogP contribution in [0.2, 0.25) is 0 Å². The van der Waals surface area contributed by atoms with Gasteiger partial charge in [-0.05, 0) is 25.3 Å². The second-order valence-corrected chi connectivity index (χ2v) is 7.95. The van der Waals surface area contributed by atoms with E-state index in [1.165, 1.54) is 0 Å². The van der Waals surface area contributed by atoms with Crippen LogP contribution in [0.3, 0.4) is 0 Å². The van der Waals surface area contributed by atoms with Crippen molar-refractivity contribution < 1.29 is 9.90 Å². The van der Waals surface area contributed by atoms with Gasteiger partial charge in [-0.25, -0.2) is 4.79 Å². The molecule has 24 heavy (non-hydrogen) atoms. The molecule has 1 saturated heterocycles. The van der Waals surface area contributed by atoms with Gasteiger partial charge in [-0.1, -0.05) is 27.2 Å². The second-order valence-electron chi connectivity index (χ2n) is 7.95. The van der Waals surface area contributed by atoms with Crippen LogP contribution in [0.15, 0.2) is 0 Å². The number of hydrogen-bond donors (Lipinski definition) is 3. The zero-order valence-electron chi connectivity index (χ0n) is 15.7. The van der Waals surface area contributed by atoms with E-state index in [9.17, 15) is 9.90 Å². The van der Waals surface area contributed by atoms with Gasteiger partial charge in [0, 0.05) is 50.7 Å². The smallest absolute Gasteiger partial charge is 0.315 e. The van der Waals surface area contributed by atoms with E-state index in [2.05, 4.69) is 41.2 Å². The molecule has 2 rings (SSSR count). The van der Waals surface area contributed by atoms with E-state index >= 15 is 0 Å². The van der Waals surface area contributed by atoms with E-state index in [0.717, 1.165) is 58.5 Å². The number of carbonyl (C=O) groups excluding carboxylic acids is 1. The Morgan fingerprint density at radius 3 is 2.58 bits per heavy atom. The highest BCUT2D eigenvalue weighted by atomic mass is 16.3. The van der Waals surface area contributed by atoms with Crippen LogP contribution in [0.4, 0.5) is 4.79 Å². The standard InChI is InChI=1S/C18H36N4O2/c1-4-21-8-10-22(11-9-21)13-15(2)12-19-17(24)20-16-6-5-7-18(16,3)14-23/h15-16,23H,4-14H2,1-3H3,(H2,19,20,24). The summed E-state index contributed by atoms with van der Waals surface area (Å²) < 4.78 is 0. The van der Waals surface area contributed by atoms with Crippen molar-refractivity contribution in [1.29, 1.82) is 0 Å². The number of likely N-dealkylation sites (N-methyl/N-ethyl adjacent to an activating group) is 1. The molecule has 3 atom stereocenters. The lowest BCUT2D eigenvalue weighted by molar-refractivity contribution is 0.119. The Kier molecular flexibility index (Phi) is 7.32. The molecule has 6 nitrogen and oxygen atoms in total. The van der Waals surface area contributed by atoms with E-state index in [4.69, 9.17) is 0 Å². The van der Waals surface area contributed by atoms with Gasteiger partial charge in [0.1, 0.15) is 0 Å². The van der Waals surface area contributed by atoms with Gasteiger partial charge in [-0.3, -0.25) is 0 Å². The Labute approximate surface area is 147 Å². The maximum absolute atomic E-state index is 12.2. The Balaban J connectivity index is 1.64. The average Bonchev–Trinajstić information content (AvgIpc) is 2.95. The van der Waals surface area contributed by atoms with E-state index in [1.54, 1.807) is 0 Å². The van der Waals surface area contributed by atoms with Gasteiger partial charge >= 0.3 is 6.03 Å². The molecule has 0 bridgehead atoms. The minimum absolute atomic E-state index is 0.0833. The highest BCUT2D eigenvalue weighted by Gasteiger charge is 2.39. The summed E-state index contributed by atoms with van der Waals surface area (Å²) in [7, 11) is 0. The Morgan fingerprint density at radius 2 is 1.96 bits per heavy atom. The predicted molar refractivity (Wildman–Crippen MR) is 97.1 cm³/mol. The third kappa shape index (κ3) is 5.33. The molecule has 1 aliphatic carbocycles. The van der Waals surface area contributed by atoms with E-state index in [1.807, 2.05) is 0 Å². The number of nitrogens with one attached hydrogen (secondary N) is 2. The molecule has 2 fully saturated rings. The van der Waals surface area contributed by atoms with E-state index < -0.39 is 0 Å². The molecule has 3 N–H and O–H groups in total. The van der Waals surface area contributed by atoms with Gasteiger partial charge < -0.3 is 25.5 Å². The van der Waals surface area contributed by atoms with Crippen LogP contribution in [0.5, 0.6) is 0 Å². The Hall–Kier alpha value is -0.850. The third-order valence-corrected chi connectivity index (χ3v) is 5.84. The molecule has 0 aromatic carbocycles. The number of nitrogens with zero attached hydrogens (tertiary/aromatic N) is 2. The zero-order valence-corrected chi connectivity index (χ0v) is 15.7. The van der Waals surface area contributed by atoms with Gasteiger partial charge in [-0.15, -0.1) is 0 Å². The fourth-order valence-corrected chi connectivity index (χ4v) is 3.94. The Morgan fingerprint density at radius 1 is 1.29 bits per heavy atom. The van der Waals surface area contributed by atoms with Crippen molar-refractivity contribution >= 4 is 6.03 Å². The molecule has 1 aliphatic heterocycles. The number of amides is 2. The molecule has 0 aromatic rings. The van der Waals surface area contributed by atoms with Crippen LogP contribution < -0.4 is 10.6 Å². The van der Waals surface area contributed by atoms with Crippen molar-refractivity contribution in [3.05, 3.63) is 0 Å². The second kappa shape index (κ2) is 9.02. The van der Waals surface area contributed by atoms with Crippen LogP contribution in [-0.2, 0) is 0 Å². The van der Waals surface area contributed by atoms with Crippen molar-refractivity contribution in [3.63, 3.8) is 0 Å². The summed E-state index contributed by atoms with van der Waals surface area (Å²) in [5, 5.41) is 15.6. The van der Waals surface area contributed by atoms with Crippen molar-refractivity contribution in [1.82, 2.24) is 20.4 Å². The number of urea groups is 1. The maximum atomic E-state index is 12.2. The number of aliphatic hydroxyl groups is 1. The first-order chi connectivity index (χ1) is 11.5. The Bertz CT molecular complexity index is 398. The minimum atomic E-state index is -0.165. The van der Waals surface area contributed by atoms with Crippen LogP contribution in [-0.4, -0.2) is 79.4 Å². The number of hydrogen-bond acceptors (Lipinski definition) is 4. The van der Waals surface area contributed by atoms with Gasteiger partial charge in [-0.2, -0.15) is 0 Å². The van der Waals surface area contributed by atoms with Crippen LogP contribution >= 0.6 is 0 Å². The molecular weight excluding hydrogens is 304 g/mol. The first kappa shape index (κ1) is 19.5. The highest BCUT2D eigenvalue weighted by molar-refractivity contribution is 5.74. The summed E-state index contributed by atoms with van der Waals surface area (Å²) in [5.41, 5.74) is -0.165. The lowest BCUT2D eigenvalue weighted by Gasteiger charge is -2.35. The number of piperazine rings is 1. The molecular formula is C18H36N4O2. The number of aliphatic hydroxyl groups excluding tert-OH is 1. The molecule has 1 heterocycles. The van der Waals surface area contributed by atoms with Crippen LogP contribution in [0.25, 0.3) is 0 Å². The zero-order chi connectivity index (χ0) is 17.6.